The molecule has 0 aliphatic heterocycles. The number of nitrogens with zero attached hydrogens (tertiary/aromatic N) is 1. The molecule has 4 heteroatoms. The van der Waals surface area contributed by atoms with Crippen molar-refractivity contribution in [2.45, 2.75) is 45.3 Å². The number of nitriles is 1. The summed E-state index contributed by atoms with van der Waals surface area (Å²) in [7, 11) is 0. The highest BCUT2D eigenvalue weighted by atomic mass is 32.2. The molecule has 15 heavy (non-hydrogen) atoms. The normalized spacial score (nSPS) is 13.2. The highest BCUT2D eigenvalue weighted by Crippen LogP contribution is 2.23. The molecule has 3 nitrogen and oxygen atoms in total. The van der Waals surface area contributed by atoms with Gasteiger partial charge in [0.1, 0.15) is 0 Å². The SMILES string of the molecule is CC(SCCCCC(C)(C)C#N)C(=O)O. The number of aliphatic carboxylic acids is 1. The van der Waals surface area contributed by atoms with Crippen molar-refractivity contribution in [3.05, 3.63) is 0 Å². The van der Waals surface area contributed by atoms with E-state index in [4.69, 9.17) is 10.4 Å². The molecule has 0 aromatic heterocycles. The van der Waals surface area contributed by atoms with Gasteiger partial charge in [-0.15, -0.1) is 11.8 Å². The summed E-state index contributed by atoms with van der Waals surface area (Å²) in [6.45, 7) is 5.56. The van der Waals surface area contributed by atoms with Crippen LogP contribution in [-0.4, -0.2) is 22.1 Å². The Hall–Kier alpha value is -0.690. The number of carboxylic acids is 1. The van der Waals surface area contributed by atoms with E-state index >= 15 is 0 Å². The molecule has 0 aliphatic rings. The average molecular weight is 229 g/mol. The maximum absolute atomic E-state index is 10.5. The number of thioether (sulfide) groups is 1. The van der Waals surface area contributed by atoms with Crippen molar-refractivity contribution in [2.75, 3.05) is 5.75 Å². The maximum Gasteiger partial charge on any atom is 0.316 e. The third kappa shape index (κ3) is 7.26. The van der Waals surface area contributed by atoms with Gasteiger partial charge in [-0.2, -0.15) is 5.26 Å². The van der Waals surface area contributed by atoms with Crippen molar-refractivity contribution in [3.63, 3.8) is 0 Å². The Morgan fingerprint density at radius 1 is 1.53 bits per heavy atom. The third-order valence-electron chi connectivity index (χ3n) is 2.21. The minimum absolute atomic E-state index is 0.247. The predicted molar refractivity (Wildman–Crippen MR) is 62.8 cm³/mol. The van der Waals surface area contributed by atoms with Crippen LogP contribution in [0.5, 0.6) is 0 Å². The van der Waals surface area contributed by atoms with Crippen LogP contribution < -0.4 is 0 Å². The fourth-order valence-electron chi connectivity index (χ4n) is 1.06. The van der Waals surface area contributed by atoms with Gasteiger partial charge in [-0.3, -0.25) is 4.79 Å². The summed E-state index contributed by atoms with van der Waals surface area (Å²) in [6, 6.07) is 2.26. The molecule has 0 aromatic carbocycles. The lowest BCUT2D eigenvalue weighted by Gasteiger charge is -2.14. The summed E-state index contributed by atoms with van der Waals surface area (Å²) in [5.41, 5.74) is -0.247. The molecule has 0 bridgehead atoms. The minimum Gasteiger partial charge on any atom is -0.480 e. The molecular weight excluding hydrogens is 210 g/mol. The van der Waals surface area contributed by atoms with Crippen LogP contribution in [0.2, 0.25) is 0 Å². The van der Waals surface area contributed by atoms with Crippen molar-refractivity contribution >= 4 is 17.7 Å². The van der Waals surface area contributed by atoms with Crippen LogP contribution >= 0.6 is 11.8 Å². The zero-order valence-corrected chi connectivity index (χ0v) is 10.4. The van der Waals surface area contributed by atoms with Crippen LogP contribution in [0, 0.1) is 16.7 Å². The first-order valence-corrected chi connectivity index (χ1v) is 6.19. The van der Waals surface area contributed by atoms with Gasteiger partial charge < -0.3 is 5.11 Å². The minimum atomic E-state index is -0.752. The second-order valence-electron chi connectivity index (χ2n) is 4.30. The van der Waals surface area contributed by atoms with E-state index in [9.17, 15) is 4.79 Å². The molecule has 86 valence electrons. The van der Waals surface area contributed by atoms with Gasteiger partial charge in [0, 0.05) is 0 Å². The Morgan fingerprint density at radius 2 is 2.13 bits per heavy atom. The molecule has 0 fully saturated rings. The standard InChI is InChI=1S/C11H19NO2S/c1-9(10(13)14)15-7-5-4-6-11(2,3)8-12/h9H,4-7H2,1-3H3,(H,13,14). The summed E-state index contributed by atoms with van der Waals surface area (Å²) in [5, 5.41) is 17.1. The average Bonchev–Trinajstić information content (AvgIpc) is 2.16. The molecule has 0 aromatic rings. The second kappa shape index (κ2) is 6.73. The van der Waals surface area contributed by atoms with E-state index in [1.807, 2.05) is 13.8 Å². The summed E-state index contributed by atoms with van der Waals surface area (Å²) in [4.78, 5) is 10.5. The van der Waals surface area contributed by atoms with Gasteiger partial charge in [-0.1, -0.05) is 6.42 Å². The molecule has 0 radical (unpaired) electrons. The largest absolute Gasteiger partial charge is 0.480 e. The summed E-state index contributed by atoms with van der Waals surface area (Å²) >= 11 is 1.46. The quantitative estimate of drug-likeness (QED) is 0.682. The molecule has 0 saturated heterocycles. The smallest absolute Gasteiger partial charge is 0.316 e. The molecule has 0 heterocycles. The van der Waals surface area contributed by atoms with Gasteiger partial charge in [0.25, 0.3) is 0 Å². The summed E-state index contributed by atoms with van der Waals surface area (Å²) in [5.74, 6) is 0.104. The highest BCUT2D eigenvalue weighted by molar-refractivity contribution is 8.00. The van der Waals surface area contributed by atoms with Crippen LogP contribution in [0.15, 0.2) is 0 Å². The summed E-state index contributed by atoms with van der Waals surface area (Å²) in [6.07, 6.45) is 2.85. The predicted octanol–water partition coefficient (Wildman–Crippen LogP) is 2.91. The Labute approximate surface area is 95.9 Å². The number of hydrogen-bond donors (Lipinski definition) is 1. The number of unbranched alkanes of at least 4 members (excludes halogenated alkanes) is 1. The topological polar surface area (TPSA) is 61.1 Å². The zero-order chi connectivity index (χ0) is 11.9. The van der Waals surface area contributed by atoms with E-state index in [1.165, 1.54) is 11.8 Å². The number of rotatable bonds is 7. The van der Waals surface area contributed by atoms with Gasteiger partial charge >= 0.3 is 5.97 Å². The molecule has 0 aliphatic carbocycles. The van der Waals surface area contributed by atoms with Gasteiger partial charge in [0.15, 0.2) is 0 Å². The first kappa shape index (κ1) is 14.3. The lowest BCUT2D eigenvalue weighted by atomic mass is 9.89. The molecule has 1 unspecified atom stereocenters. The van der Waals surface area contributed by atoms with E-state index < -0.39 is 5.97 Å². The van der Waals surface area contributed by atoms with Gasteiger partial charge in [0.2, 0.25) is 0 Å². The second-order valence-corrected chi connectivity index (χ2v) is 5.75. The maximum atomic E-state index is 10.5. The number of carbonyl (C=O) groups is 1. The molecule has 0 amide bonds. The van der Waals surface area contributed by atoms with Crippen LogP contribution in [0.1, 0.15) is 40.0 Å². The van der Waals surface area contributed by atoms with Crippen LogP contribution in [0.4, 0.5) is 0 Å². The zero-order valence-electron chi connectivity index (χ0n) is 9.62. The lowest BCUT2D eigenvalue weighted by Crippen LogP contribution is -2.12. The van der Waals surface area contributed by atoms with E-state index in [-0.39, 0.29) is 10.7 Å². The van der Waals surface area contributed by atoms with Crippen LogP contribution in [0.3, 0.4) is 0 Å². The van der Waals surface area contributed by atoms with Crippen LogP contribution in [0.25, 0.3) is 0 Å². The van der Waals surface area contributed by atoms with Gasteiger partial charge in [0.05, 0.1) is 16.7 Å². The molecule has 0 rings (SSSR count). The monoisotopic (exact) mass is 229 g/mol. The van der Waals surface area contributed by atoms with Crippen molar-refractivity contribution in [1.29, 1.82) is 5.26 Å². The molecular formula is C11H19NO2S. The third-order valence-corrected chi connectivity index (χ3v) is 3.44. The lowest BCUT2D eigenvalue weighted by molar-refractivity contribution is -0.136. The van der Waals surface area contributed by atoms with E-state index in [0.29, 0.717) is 0 Å². The fraction of sp³-hybridized carbons (Fsp3) is 0.818. The van der Waals surface area contributed by atoms with Crippen molar-refractivity contribution in [3.8, 4) is 6.07 Å². The fourth-order valence-corrected chi connectivity index (χ4v) is 1.92. The van der Waals surface area contributed by atoms with E-state index in [2.05, 4.69) is 6.07 Å². The van der Waals surface area contributed by atoms with Crippen molar-refractivity contribution < 1.29 is 9.90 Å². The molecule has 1 atom stereocenters. The Kier molecular flexibility index (Phi) is 6.42. The van der Waals surface area contributed by atoms with E-state index in [0.717, 1.165) is 25.0 Å². The summed E-state index contributed by atoms with van der Waals surface area (Å²) < 4.78 is 0. The first-order valence-electron chi connectivity index (χ1n) is 5.15. The Balaban J connectivity index is 3.49. The number of carboxylic acid groups (broad SMARTS) is 1. The molecule has 1 N–H and O–H groups in total. The van der Waals surface area contributed by atoms with Gasteiger partial charge in [-0.05, 0) is 39.4 Å². The van der Waals surface area contributed by atoms with Crippen LogP contribution in [-0.2, 0) is 4.79 Å². The number of hydrogen-bond acceptors (Lipinski definition) is 3. The first-order chi connectivity index (χ1) is 6.89. The Bertz CT molecular complexity index is 245. The van der Waals surface area contributed by atoms with E-state index in [1.54, 1.807) is 6.92 Å². The van der Waals surface area contributed by atoms with Crippen molar-refractivity contribution in [2.24, 2.45) is 5.41 Å². The van der Waals surface area contributed by atoms with Crippen molar-refractivity contribution in [1.82, 2.24) is 0 Å². The highest BCUT2D eigenvalue weighted by Gasteiger charge is 2.16. The molecule has 0 spiro atoms. The molecule has 0 saturated carbocycles. The Morgan fingerprint density at radius 3 is 2.60 bits per heavy atom. The van der Waals surface area contributed by atoms with Gasteiger partial charge in [-0.25, -0.2) is 0 Å².